The lowest BCUT2D eigenvalue weighted by molar-refractivity contribution is 0.0527. The minimum Gasteiger partial charge on any atom is -0.462 e. The Morgan fingerprint density at radius 3 is 2.70 bits per heavy atom. The normalized spacial score (nSPS) is 16.9. The summed E-state index contributed by atoms with van der Waals surface area (Å²) in [6.45, 7) is 6.04. The maximum atomic E-state index is 11.8. The Kier molecular flexibility index (Phi) is 4.81. The SMILES string of the molecule is CCOC(=O)c1cc(NN2CCN(C)CC2)ccc1N. The first kappa shape index (κ1) is 14.6. The van der Waals surface area contributed by atoms with Crippen molar-refractivity contribution < 1.29 is 9.53 Å². The molecule has 6 nitrogen and oxygen atoms in total. The molecule has 1 aromatic carbocycles. The fourth-order valence-electron chi connectivity index (χ4n) is 2.11. The second kappa shape index (κ2) is 6.58. The first-order valence-electron chi connectivity index (χ1n) is 6.87. The van der Waals surface area contributed by atoms with E-state index >= 15 is 0 Å². The third-order valence-electron chi connectivity index (χ3n) is 3.34. The number of nitrogens with one attached hydrogen (secondary N) is 1. The molecule has 0 aromatic heterocycles. The van der Waals surface area contributed by atoms with Gasteiger partial charge >= 0.3 is 5.97 Å². The van der Waals surface area contributed by atoms with Crippen LogP contribution in [-0.2, 0) is 4.74 Å². The Morgan fingerprint density at radius 2 is 2.05 bits per heavy atom. The van der Waals surface area contributed by atoms with Crippen molar-refractivity contribution in [3.05, 3.63) is 23.8 Å². The van der Waals surface area contributed by atoms with E-state index < -0.39 is 0 Å². The summed E-state index contributed by atoms with van der Waals surface area (Å²) in [6.07, 6.45) is 0. The smallest absolute Gasteiger partial charge is 0.340 e. The number of benzene rings is 1. The Labute approximate surface area is 119 Å². The molecule has 0 spiro atoms. The quantitative estimate of drug-likeness (QED) is 0.633. The molecule has 1 fully saturated rings. The molecule has 0 bridgehead atoms. The summed E-state index contributed by atoms with van der Waals surface area (Å²) in [7, 11) is 2.11. The summed E-state index contributed by atoms with van der Waals surface area (Å²) in [5.74, 6) is -0.382. The van der Waals surface area contributed by atoms with E-state index in [1.807, 2.05) is 6.07 Å². The van der Waals surface area contributed by atoms with Gasteiger partial charge in [-0.1, -0.05) is 0 Å². The number of esters is 1. The van der Waals surface area contributed by atoms with Crippen LogP contribution in [-0.4, -0.2) is 55.7 Å². The second-order valence-corrected chi connectivity index (χ2v) is 4.92. The van der Waals surface area contributed by atoms with Gasteiger partial charge in [0.2, 0.25) is 0 Å². The maximum Gasteiger partial charge on any atom is 0.340 e. The standard InChI is InChI=1S/C14H22N4O2/c1-3-20-14(19)12-10-11(4-5-13(12)15)16-18-8-6-17(2)7-9-18/h4-5,10,16H,3,6-9,15H2,1-2H3. The number of carbonyl (C=O) groups excluding carboxylic acids is 1. The number of hydrogen-bond donors (Lipinski definition) is 2. The van der Waals surface area contributed by atoms with Crippen molar-refractivity contribution in [3.63, 3.8) is 0 Å². The van der Waals surface area contributed by atoms with Gasteiger partial charge in [-0.3, -0.25) is 0 Å². The molecule has 2 rings (SSSR count). The number of likely N-dealkylation sites (N-methyl/N-ethyl adjacent to an activating group) is 1. The van der Waals surface area contributed by atoms with Gasteiger partial charge in [-0.25, -0.2) is 9.80 Å². The van der Waals surface area contributed by atoms with E-state index in [0.29, 0.717) is 17.9 Å². The molecule has 6 heteroatoms. The molecular formula is C14H22N4O2. The highest BCUT2D eigenvalue weighted by atomic mass is 16.5. The summed E-state index contributed by atoms with van der Waals surface area (Å²) in [5.41, 5.74) is 10.8. The number of hydrogen-bond acceptors (Lipinski definition) is 6. The third-order valence-corrected chi connectivity index (χ3v) is 3.34. The van der Waals surface area contributed by atoms with E-state index in [9.17, 15) is 4.79 Å². The van der Waals surface area contributed by atoms with Crippen molar-refractivity contribution in [2.75, 3.05) is 51.0 Å². The van der Waals surface area contributed by atoms with E-state index in [-0.39, 0.29) is 5.97 Å². The molecule has 110 valence electrons. The van der Waals surface area contributed by atoms with Crippen molar-refractivity contribution in [3.8, 4) is 0 Å². The van der Waals surface area contributed by atoms with E-state index in [1.165, 1.54) is 0 Å². The van der Waals surface area contributed by atoms with E-state index in [4.69, 9.17) is 10.5 Å². The lowest BCUT2D eigenvalue weighted by Crippen LogP contribution is -2.46. The van der Waals surface area contributed by atoms with Gasteiger partial charge in [0.05, 0.1) is 12.2 Å². The van der Waals surface area contributed by atoms with Gasteiger partial charge in [0.1, 0.15) is 0 Å². The van der Waals surface area contributed by atoms with Crippen LogP contribution >= 0.6 is 0 Å². The predicted molar refractivity (Wildman–Crippen MR) is 79.5 cm³/mol. The van der Waals surface area contributed by atoms with Gasteiger partial charge in [-0.05, 0) is 32.2 Å². The van der Waals surface area contributed by atoms with Crippen LogP contribution < -0.4 is 11.2 Å². The van der Waals surface area contributed by atoms with Gasteiger partial charge in [-0.15, -0.1) is 0 Å². The topological polar surface area (TPSA) is 70.8 Å². The van der Waals surface area contributed by atoms with Crippen LogP contribution in [0.15, 0.2) is 18.2 Å². The minimum absolute atomic E-state index is 0.342. The molecule has 1 aromatic rings. The number of nitrogens with zero attached hydrogens (tertiary/aromatic N) is 2. The molecule has 1 aliphatic heterocycles. The predicted octanol–water partition coefficient (Wildman–Crippen LogP) is 1.02. The highest BCUT2D eigenvalue weighted by Crippen LogP contribution is 2.19. The van der Waals surface area contributed by atoms with E-state index in [0.717, 1.165) is 31.9 Å². The fourth-order valence-corrected chi connectivity index (χ4v) is 2.11. The number of anilines is 2. The molecule has 20 heavy (non-hydrogen) atoms. The van der Waals surface area contributed by atoms with Crippen LogP contribution in [0.4, 0.5) is 11.4 Å². The zero-order valence-electron chi connectivity index (χ0n) is 12.1. The molecule has 0 unspecified atom stereocenters. The van der Waals surface area contributed by atoms with Crippen molar-refractivity contribution in [1.82, 2.24) is 9.91 Å². The number of nitrogens with two attached hydrogens (primary N) is 1. The first-order chi connectivity index (χ1) is 9.60. The molecule has 0 aliphatic carbocycles. The van der Waals surface area contributed by atoms with Crippen LogP contribution in [0.25, 0.3) is 0 Å². The number of ether oxygens (including phenoxy) is 1. The summed E-state index contributed by atoms with van der Waals surface area (Å²) >= 11 is 0. The van der Waals surface area contributed by atoms with E-state index in [1.54, 1.807) is 19.1 Å². The number of carbonyl (C=O) groups is 1. The van der Waals surface area contributed by atoms with Crippen molar-refractivity contribution in [2.24, 2.45) is 0 Å². The van der Waals surface area contributed by atoms with Crippen LogP contribution in [0, 0.1) is 0 Å². The third kappa shape index (κ3) is 3.61. The van der Waals surface area contributed by atoms with Gasteiger partial charge in [-0.2, -0.15) is 0 Å². The summed E-state index contributed by atoms with van der Waals surface area (Å²) < 4.78 is 5.00. The maximum absolute atomic E-state index is 11.8. The van der Waals surface area contributed by atoms with Crippen molar-refractivity contribution in [1.29, 1.82) is 0 Å². The molecule has 0 saturated carbocycles. The largest absolute Gasteiger partial charge is 0.462 e. The Morgan fingerprint density at radius 1 is 1.35 bits per heavy atom. The van der Waals surface area contributed by atoms with Crippen molar-refractivity contribution in [2.45, 2.75) is 6.92 Å². The molecule has 1 aliphatic rings. The van der Waals surface area contributed by atoms with Crippen molar-refractivity contribution >= 4 is 17.3 Å². The Balaban J connectivity index is 2.05. The number of hydrazine groups is 1. The van der Waals surface area contributed by atoms with Crippen LogP contribution in [0.1, 0.15) is 17.3 Å². The summed E-state index contributed by atoms with van der Waals surface area (Å²) in [6, 6.07) is 5.34. The monoisotopic (exact) mass is 278 g/mol. The lowest BCUT2D eigenvalue weighted by Gasteiger charge is -2.33. The average molecular weight is 278 g/mol. The van der Waals surface area contributed by atoms with Gasteiger partial charge in [0, 0.05) is 37.6 Å². The molecular weight excluding hydrogens is 256 g/mol. The zero-order valence-corrected chi connectivity index (χ0v) is 12.1. The van der Waals surface area contributed by atoms with Gasteiger partial charge in [0.25, 0.3) is 0 Å². The Bertz CT molecular complexity index is 470. The average Bonchev–Trinajstić information content (AvgIpc) is 2.43. The van der Waals surface area contributed by atoms with Gasteiger partial charge < -0.3 is 20.8 Å². The number of piperazine rings is 1. The highest BCUT2D eigenvalue weighted by Gasteiger charge is 2.15. The van der Waals surface area contributed by atoms with Gasteiger partial charge in [0.15, 0.2) is 0 Å². The molecule has 0 amide bonds. The summed E-state index contributed by atoms with van der Waals surface area (Å²) in [5, 5.41) is 2.14. The second-order valence-electron chi connectivity index (χ2n) is 4.92. The summed E-state index contributed by atoms with van der Waals surface area (Å²) in [4.78, 5) is 14.1. The first-order valence-corrected chi connectivity index (χ1v) is 6.87. The van der Waals surface area contributed by atoms with E-state index in [2.05, 4.69) is 22.4 Å². The molecule has 0 radical (unpaired) electrons. The molecule has 1 saturated heterocycles. The van der Waals surface area contributed by atoms with Crippen LogP contribution in [0.3, 0.4) is 0 Å². The Hall–Kier alpha value is -1.79. The van der Waals surface area contributed by atoms with Crippen LogP contribution in [0.5, 0.6) is 0 Å². The number of nitrogen functional groups attached to an aromatic ring is 1. The molecule has 0 atom stereocenters. The number of rotatable bonds is 4. The molecule has 1 heterocycles. The zero-order chi connectivity index (χ0) is 14.5. The minimum atomic E-state index is -0.382. The highest BCUT2D eigenvalue weighted by molar-refractivity contribution is 5.96. The molecule has 3 N–H and O–H groups in total. The van der Waals surface area contributed by atoms with Crippen LogP contribution in [0.2, 0.25) is 0 Å². The lowest BCUT2D eigenvalue weighted by atomic mass is 10.1. The fraction of sp³-hybridized carbons (Fsp3) is 0.500.